The molecule has 0 aromatic carbocycles. The van der Waals surface area contributed by atoms with E-state index in [4.69, 9.17) is 10.5 Å². The number of nitrogens with two attached hydrogens (primary N) is 1. The zero-order valence-electron chi connectivity index (χ0n) is 9.97. The van der Waals surface area contributed by atoms with Crippen LogP contribution in [0.1, 0.15) is 16.6 Å². The fourth-order valence-electron chi connectivity index (χ4n) is 1.47. The summed E-state index contributed by atoms with van der Waals surface area (Å²) in [7, 11) is 0. The molecule has 6 nitrogen and oxygen atoms in total. The van der Waals surface area contributed by atoms with Crippen LogP contribution in [0.15, 0.2) is 12.4 Å². The first-order valence-electron chi connectivity index (χ1n) is 5.59. The van der Waals surface area contributed by atoms with Gasteiger partial charge < -0.3 is 15.8 Å². The quantitative estimate of drug-likeness (QED) is 0.789. The van der Waals surface area contributed by atoms with Crippen LogP contribution in [0.25, 0.3) is 10.3 Å². The van der Waals surface area contributed by atoms with E-state index in [0.717, 1.165) is 0 Å². The van der Waals surface area contributed by atoms with E-state index < -0.39 is 0 Å². The highest BCUT2D eigenvalue weighted by molar-refractivity contribution is 7.21. The number of rotatable bonds is 5. The lowest BCUT2D eigenvalue weighted by Gasteiger charge is -2.03. The molecule has 18 heavy (non-hydrogen) atoms. The molecule has 0 aliphatic heterocycles. The Morgan fingerprint density at radius 1 is 1.50 bits per heavy atom. The topological polar surface area (TPSA) is 90.1 Å². The van der Waals surface area contributed by atoms with Gasteiger partial charge in [0.15, 0.2) is 0 Å². The van der Waals surface area contributed by atoms with Gasteiger partial charge in [-0.05, 0) is 6.92 Å². The number of nitrogens with one attached hydrogen (secondary N) is 1. The third-order valence-corrected chi connectivity index (χ3v) is 3.41. The Morgan fingerprint density at radius 2 is 2.28 bits per heavy atom. The first kappa shape index (κ1) is 12.7. The fraction of sp³-hybridized carbons (Fsp3) is 0.364. The fourth-order valence-corrected chi connectivity index (χ4v) is 2.41. The molecule has 1 amide bonds. The van der Waals surface area contributed by atoms with Crippen LogP contribution >= 0.6 is 11.3 Å². The van der Waals surface area contributed by atoms with Crippen LogP contribution in [0.2, 0.25) is 0 Å². The molecule has 3 N–H and O–H groups in total. The molecule has 0 saturated heterocycles. The van der Waals surface area contributed by atoms with Crippen LogP contribution in [0, 0.1) is 0 Å². The number of aromatic nitrogens is 2. The lowest BCUT2D eigenvalue weighted by atomic mass is 10.3. The minimum Gasteiger partial charge on any atom is -0.396 e. The maximum atomic E-state index is 11.9. The molecule has 0 fully saturated rings. The highest BCUT2D eigenvalue weighted by Crippen LogP contribution is 2.29. The van der Waals surface area contributed by atoms with E-state index in [-0.39, 0.29) is 5.91 Å². The standard InChI is InChI=1S/C11H14N4O2S/c1-2-17-6-5-14-10(16)9-7(12)8-11(18-9)15-4-3-13-8/h3-4H,2,5-6,12H2,1H3,(H,14,16). The molecule has 0 aliphatic rings. The second-order valence-electron chi connectivity index (χ2n) is 3.51. The van der Waals surface area contributed by atoms with E-state index in [1.165, 1.54) is 11.3 Å². The van der Waals surface area contributed by atoms with Crippen molar-refractivity contribution < 1.29 is 9.53 Å². The van der Waals surface area contributed by atoms with Crippen molar-refractivity contribution in [2.45, 2.75) is 6.92 Å². The van der Waals surface area contributed by atoms with Crippen molar-refractivity contribution in [3.05, 3.63) is 17.3 Å². The third kappa shape index (κ3) is 2.57. The first-order valence-corrected chi connectivity index (χ1v) is 6.40. The van der Waals surface area contributed by atoms with Gasteiger partial charge in [0, 0.05) is 25.5 Å². The van der Waals surface area contributed by atoms with E-state index in [1.54, 1.807) is 12.4 Å². The Kier molecular flexibility index (Phi) is 4.06. The van der Waals surface area contributed by atoms with Gasteiger partial charge in [-0.1, -0.05) is 0 Å². The monoisotopic (exact) mass is 266 g/mol. The smallest absolute Gasteiger partial charge is 0.263 e. The molecule has 0 saturated carbocycles. The lowest BCUT2D eigenvalue weighted by molar-refractivity contribution is 0.0927. The van der Waals surface area contributed by atoms with Gasteiger partial charge in [0.05, 0.1) is 12.3 Å². The number of nitrogens with zero attached hydrogens (tertiary/aromatic N) is 2. The molecule has 7 heteroatoms. The van der Waals surface area contributed by atoms with Crippen LogP contribution in [0.3, 0.4) is 0 Å². The molecule has 0 aliphatic carbocycles. The molecular weight excluding hydrogens is 252 g/mol. The average molecular weight is 266 g/mol. The number of thiophene rings is 1. The minimum absolute atomic E-state index is 0.211. The average Bonchev–Trinajstić information content (AvgIpc) is 2.73. The molecule has 2 rings (SSSR count). The number of fused-ring (bicyclic) bond motifs is 1. The summed E-state index contributed by atoms with van der Waals surface area (Å²) < 4.78 is 5.14. The van der Waals surface area contributed by atoms with Crippen molar-refractivity contribution in [1.29, 1.82) is 0 Å². The highest BCUT2D eigenvalue weighted by atomic mass is 32.1. The second kappa shape index (κ2) is 5.74. The Balaban J connectivity index is 2.10. The lowest BCUT2D eigenvalue weighted by Crippen LogP contribution is -2.27. The van der Waals surface area contributed by atoms with E-state index in [1.807, 2.05) is 6.92 Å². The summed E-state index contributed by atoms with van der Waals surface area (Å²) in [6, 6.07) is 0. The largest absolute Gasteiger partial charge is 0.396 e. The Labute approximate surface area is 108 Å². The van der Waals surface area contributed by atoms with Gasteiger partial charge in [0.1, 0.15) is 15.2 Å². The van der Waals surface area contributed by atoms with Crippen LogP contribution in [0.5, 0.6) is 0 Å². The number of carbonyl (C=O) groups is 1. The summed E-state index contributed by atoms with van der Waals surface area (Å²) in [6.07, 6.45) is 3.14. The van der Waals surface area contributed by atoms with Crippen LogP contribution in [0.4, 0.5) is 5.69 Å². The van der Waals surface area contributed by atoms with Gasteiger partial charge in [0.25, 0.3) is 5.91 Å². The van der Waals surface area contributed by atoms with Gasteiger partial charge in [-0.15, -0.1) is 11.3 Å². The molecule has 0 atom stereocenters. The van der Waals surface area contributed by atoms with E-state index in [2.05, 4.69) is 15.3 Å². The molecular formula is C11H14N4O2S. The van der Waals surface area contributed by atoms with Crippen molar-refractivity contribution in [1.82, 2.24) is 15.3 Å². The van der Waals surface area contributed by atoms with Crippen LogP contribution in [-0.2, 0) is 4.74 Å². The van der Waals surface area contributed by atoms with Crippen molar-refractivity contribution in [3.63, 3.8) is 0 Å². The van der Waals surface area contributed by atoms with E-state index in [9.17, 15) is 4.79 Å². The Morgan fingerprint density at radius 3 is 3.00 bits per heavy atom. The maximum absolute atomic E-state index is 11.9. The summed E-state index contributed by atoms with van der Waals surface area (Å²) in [5, 5.41) is 2.75. The molecule has 0 spiro atoms. The maximum Gasteiger partial charge on any atom is 0.263 e. The normalized spacial score (nSPS) is 10.7. The van der Waals surface area contributed by atoms with Gasteiger partial charge in [0.2, 0.25) is 0 Å². The van der Waals surface area contributed by atoms with Crippen molar-refractivity contribution in [2.24, 2.45) is 0 Å². The van der Waals surface area contributed by atoms with Gasteiger partial charge in [-0.25, -0.2) is 9.97 Å². The molecule has 2 aromatic rings. The Bertz CT molecular complexity index is 555. The zero-order chi connectivity index (χ0) is 13.0. The highest BCUT2D eigenvalue weighted by Gasteiger charge is 2.17. The molecule has 2 heterocycles. The number of carbonyl (C=O) groups excluding carboxylic acids is 1. The molecule has 0 unspecified atom stereocenters. The first-order chi connectivity index (χ1) is 8.74. The summed E-state index contributed by atoms with van der Waals surface area (Å²) in [5.41, 5.74) is 6.85. The third-order valence-electron chi connectivity index (χ3n) is 2.31. The molecule has 96 valence electrons. The number of anilines is 1. The zero-order valence-corrected chi connectivity index (χ0v) is 10.8. The van der Waals surface area contributed by atoms with E-state index in [0.29, 0.717) is 40.7 Å². The van der Waals surface area contributed by atoms with Gasteiger partial charge >= 0.3 is 0 Å². The van der Waals surface area contributed by atoms with Crippen molar-refractivity contribution in [3.8, 4) is 0 Å². The summed E-state index contributed by atoms with van der Waals surface area (Å²) in [6.45, 7) is 3.49. The predicted octanol–water partition coefficient (Wildman–Crippen LogP) is 1.04. The number of hydrogen-bond donors (Lipinski definition) is 2. The van der Waals surface area contributed by atoms with Crippen LogP contribution < -0.4 is 11.1 Å². The van der Waals surface area contributed by atoms with Gasteiger partial charge in [-0.2, -0.15) is 0 Å². The summed E-state index contributed by atoms with van der Waals surface area (Å²) >= 11 is 1.24. The number of amides is 1. The molecule has 0 radical (unpaired) electrons. The second-order valence-corrected chi connectivity index (χ2v) is 4.51. The number of nitrogen functional groups attached to an aromatic ring is 1. The SMILES string of the molecule is CCOCCNC(=O)c1sc2nccnc2c1N. The predicted molar refractivity (Wildman–Crippen MR) is 70.7 cm³/mol. The van der Waals surface area contributed by atoms with Crippen molar-refractivity contribution >= 4 is 33.3 Å². The minimum atomic E-state index is -0.211. The summed E-state index contributed by atoms with van der Waals surface area (Å²) in [4.78, 5) is 21.3. The number of hydrogen-bond acceptors (Lipinski definition) is 6. The van der Waals surface area contributed by atoms with Crippen molar-refractivity contribution in [2.75, 3.05) is 25.5 Å². The van der Waals surface area contributed by atoms with Crippen LogP contribution in [-0.4, -0.2) is 35.6 Å². The molecule has 2 aromatic heterocycles. The molecule has 0 bridgehead atoms. The van der Waals surface area contributed by atoms with E-state index >= 15 is 0 Å². The van der Waals surface area contributed by atoms with Gasteiger partial charge in [-0.3, -0.25) is 4.79 Å². The summed E-state index contributed by atoms with van der Waals surface area (Å²) in [5.74, 6) is -0.211. The number of ether oxygens (including phenoxy) is 1. The Hall–Kier alpha value is -1.73.